The van der Waals surface area contributed by atoms with Gasteiger partial charge in [-0.15, -0.1) is 12.4 Å². The Morgan fingerprint density at radius 2 is 1.44 bits per heavy atom. The van der Waals surface area contributed by atoms with Gasteiger partial charge in [0.1, 0.15) is 0 Å². The van der Waals surface area contributed by atoms with E-state index in [1.165, 1.54) is 6.42 Å². The molecule has 144 valence electrons. The number of hydrogen-bond acceptors (Lipinski definition) is 3. The molecule has 6 nitrogen and oxygen atoms in total. The third kappa shape index (κ3) is 4.59. The zero-order valence-corrected chi connectivity index (χ0v) is 16.2. The summed E-state index contributed by atoms with van der Waals surface area (Å²) in [6.45, 7) is 6.06. The molecule has 0 aromatic carbocycles. The lowest BCUT2D eigenvalue weighted by atomic mass is 9.91. The van der Waals surface area contributed by atoms with Gasteiger partial charge >= 0.3 is 6.03 Å². The lowest BCUT2D eigenvalue weighted by molar-refractivity contribution is -0.141. The zero-order chi connectivity index (χ0) is 17.1. The summed E-state index contributed by atoms with van der Waals surface area (Å²) in [5.74, 6) is 0.331. The van der Waals surface area contributed by atoms with Crippen LogP contribution in [0, 0.1) is 5.92 Å². The number of nitrogens with zero attached hydrogens (tertiary/aromatic N) is 3. The van der Waals surface area contributed by atoms with E-state index in [2.05, 4.69) is 0 Å². The Hall–Kier alpha value is -1.01. The topological polar surface area (TPSA) is 69.9 Å². The van der Waals surface area contributed by atoms with Crippen molar-refractivity contribution in [2.24, 2.45) is 11.7 Å². The molecule has 3 amide bonds. The van der Waals surface area contributed by atoms with Gasteiger partial charge in [0.15, 0.2) is 0 Å². The third-order valence-electron chi connectivity index (χ3n) is 5.93. The minimum Gasteiger partial charge on any atom is -0.338 e. The minimum absolute atomic E-state index is 0. The van der Waals surface area contributed by atoms with Crippen molar-refractivity contribution in [3.8, 4) is 0 Å². The van der Waals surface area contributed by atoms with Gasteiger partial charge in [0.05, 0.1) is 0 Å². The van der Waals surface area contributed by atoms with Gasteiger partial charge in [0.25, 0.3) is 0 Å². The number of amides is 3. The zero-order valence-electron chi connectivity index (χ0n) is 15.4. The molecule has 0 aliphatic carbocycles. The summed E-state index contributed by atoms with van der Waals surface area (Å²) in [4.78, 5) is 31.4. The Labute approximate surface area is 157 Å². The SMILES string of the molecule is CC(N)C1CCCCN1C(=O)C1CCN(C(=O)N2CCCC2)CC1.Cl. The Morgan fingerprint density at radius 3 is 2.04 bits per heavy atom. The lowest BCUT2D eigenvalue weighted by Gasteiger charge is -2.41. The van der Waals surface area contributed by atoms with Crippen molar-refractivity contribution >= 4 is 24.3 Å². The maximum absolute atomic E-state index is 13.0. The van der Waals surface area contributed by atoms with Crippen LogP contribution in [0.1, 0.15) is 51.9 Å². The smallest absolute Gasteiger partial charge is 0.319 e. The number of urea groups is 1. The van der Waals surface area contributed by atoms with E-state index < -0.39 is 0 Å². The van der Waals surface area contributed by atoms with Crippen molar-refractivity contribution in [1.29, 1.82) is 0 Å². The number of carbonyl (C=O) groups is 2. The van der Waals surface area contributed by atoms with E-state index in [0.29, 0.717) is 13.1 Å². The summed E-state index contributed by atoms with van der Waals surface area (Å²) in [6.07, 6.45) is 7.10. The van der Waals surface area contributed by atoms with Gasteiger partial charge in [-0.05, 0) is 51.9 Å². The molecule has 2 unspecified atom stereocenters. The first kappa shape index (κ1) is 20.3. The van der Waals surface area contributed by atoms with Crippen LogP contribution in [0.25, 0.3) is 0 Å². The number of carbonyl (C=O) groups excluding carboxylic acids is 2. The maximum Gasteiger partial charge on any atom is 0.319 e. The fourth-order valence-electron chi connectivity index (χ4n) is 4.44. The Kier molecular flexibility index (Phi) is 7.37. The summed E-state index contributed by atoms with van der Waals surface area (Å²) >= 11 is 0. The van der Waals surface area contributed by atoms with Crippen molar-refractivity contribution < 1.29 is 9.59 Å². The van der Waals surface area contributed by atoms with Gasteiger partial charge in [0, 0.05) is 50.7 Å². The number of piperidine rings is 2. The maximum atomic E-state index is 13.0. The third-order valence-corrected chi connectivity index (χ3v) is 5.93. The number of likely N-dealkylation sites (tertiary alicyclic amines) is 3. The molecule has 25 heavy (non-hydrogen) atoms. The van der Waals surface area contributed by atoms with Crippen LogP contribution in [0.5, 0.6) is 0 Å². The van der Waals surface area contributed by atoms with Crippen molar-refractivity contribution in [1.82, 2.24) is 14.7 Å². The second-order valence-electron chi connectivity index (χ2n) is 7.69. The van der Waals surface area contributed by atoms with E-state index in [4.69, 9.17) is 5.73 Å². The highest BCUT2D eigenvalue weighted by molar-refractivity contribution is 5.85. The van der Waals surface area contributed by atoms with Crippen LogP contribution in [0.3, 0.4) is 0 Å². The van der Waals surface area contributed by atoms with E-state index in [0.717, 1.165) is 58.2 Å². The van der Waals surface area contributed by atoms with Gasteiger partial charge in [-0.3, -0.25) is 4.79 Å². The average Bonchev–Trinajstić information content (AvgIpc) is 3.15. The van der Waals surface area contributed by atoms with Gasteiger partial charge in [-0.2, -0.15) is 0 Å². The molecule has 3 aliphatic rings. The van der Waals surface area contributed by atoms with Gasteiger partial charge in [-0.25, -0.2) is 4.79 Å². The highest BCUT2D eigenvalue weighted by atomic mass is 35.5. The molecule has 0 aromatic rings. The molecule has 2 atom stereocenters. The van der Waals surface area contributed by atoms with E-state index in [-0.39, 0.29) is 42.3 Å². The highest BCUT2D eigenvalue weighted by Crippen LogP contribution is 2.26. The summed E-state index contributed by atoms with van der Waals surface area (Å²) in [5.41, 5.74) is 6.10. The van der Waals surface area contributed by atoms with E-state index >= 15 is 0 Å². The quantitative estimate of drug-likeness (QED) is 0.806. The summed E-state index contributed by atoms with van der Waals surface area (Å²) in [6, 6.07) is 0.395. The van der Waals surface area contributed by atoms with Crippen LogP contribution < -0.4 is 5.73 Å². The van der Waals surface area contributed by atoms with Gasteiger partial charge in [0.2, 0.25) is 5.91 Å². The number of halogens is 1. The van der Waals surface area contributed by atoms with E-state index in [1.54, 1.807) is 0 Å². The molecular weight excluding hydrogens is 340 g/mol. The summed E-state index contributed by atoms with van der Waals surface area (Å²) in [7, 11) is 0. The molecule has 0 spiro atoms. The molecule has 3 heterocycles. The number of hydrogen-bond donors (Lipinski definition) is 1. The molecule has 0 aromatic heterocycles. The van der Waals surface area contributed by atoms with Crippen LogP contribution in [-0.2, 0) is 4.79 Å². The highest BCUT2D eigenvalue weighted by Gasteiger charge is 2.36. The second-order valence-corrected chi connectivity index (χ2v) is 7.69. The predicted molar refractivity (Wildman–Crippen MR) is 101 cm³/mol. The van der Waals surface area contributed by atoms with E-state index in [1.807, 2.05) is 21.6 Å². The number of nitrogens with two attached hydrogens (primary N) is 1. The normalized spacial score (nSPS) is 26.3. The summed E-state index contributed by atoms with van der Waals surface area (Å²) in [5, 5.41) is 0. The van der Waals surface area contributed by atoms with Crippen LogP contribution in [0.15, 0.2) is 0 Å². The molecule has 0 saturated carbocycles. The van der Waals surface area contributed by atoms with Crippen LogP contribution in [0.2, 0.25) is 0 Å². The fourth-order valence-corrected chi connectivity index (χ4v) is 4.44. The predicted octanol–water partition coefficient (Wildman–Crippen LogP) is 2.06. The molecule has 3 aliphatic heterocycles. The molecule has 3 rings (SSSR count). The first-order chi connectivity index (χ1) is 11.6. The monoisotopic (exact) mass is 372 g/mol. The Balaban J connectivity index is 0.00000225. The Morgan fingerprint density at radius 1 is 0.880 bits per heavy atom. The Bertz CT molecular complexity index is 460. The van der Waals surface area contributed by atoms with Crippen molar-refractivity contribution in [2.45, 2.75) is 64.0 Å². The summed E-state index contributed by atoms with van der Waals surface area (Å²) < 4.78 is 0. The van der Waals surface area contributed by atoms with Crippen LogP contribution >= 0.6 is 12.4 Å². The van der Waals surface area contributed by atoms with Gasteiger partial charge < -0.3 is 20.4 Å². The molecule has 3 fully saturated rings. The van der Waals surface area contributed by atoms with Crippen LogP contribution in [0.4, 0.5) is 4.79 Å². The van der Waals surface area contributed by atoms with E-state index in [9.17, 15) is 9.59 Å². The second kappa shape index (κ2) is 9.08. The first-order valence-electron chi connectivity index (χ1n) is 9.68. The van der Waals surface area contributed by atoms with Gasteiger partial charge in [-0.1, -0.05) is 0 Å². The van der Waals surface area contributed by atoms with Crippen molar-refractivity contribution in [3.63, 3.8) is 0 Å². The molecule has 2 N–H and O–H groups in total. The molecule has 3 saturated heterocycles. The standard InChI is InChI=1S/C18H32N4O2.ClH/c1-14(19)16-6-2-3-11-22(16)17(23)15-7-12-21(13-8-15)18(24)20-9-4-5-10-20;/h14-16H,2-13,19H2,1H3;1H. The van der Waals surface area contributed by atoms with Crippen LogP contribution in [-0.4, -0.2) is 71.4 Å². The van der Waals surface area contributed by atoms with Crippen molar-refractivity contribution in [2.75, 3.05) is 32.7 Å². The first-order valence-corrected chi connectivity index (χ1v) is 9.68. The molecule has 0 radical (unpaired) electrons. The fraction of sp³-hybridized carbons (Fsp3) is 0.889. The molecule has 0 bridgehead atoms. The number of rotatable bonds is 2. The van der Waals surface area contributed by atoms with Crippen molar-refractivity contribution in [3.05, 3.63) is 0 Å². The lowest BCUT2D eigenvalue weighted by Crippen LogP contribution is -2.55. The molecular formula is C18H33ClN4O2. The average molecular weight is 373 g/mol. The minimum atomic E-state index is 0. The largest absolute Gasteiger partial charge is 0.338 e. The molecule has 7 heteroatoms.